The quantitative estimate of drug-likeness (QED) is 0.809. The summed E-state index contributed by atoms with van der Waals surface area (Å²) in [5.41, 5.74) is 0. The van der Waals surface area contributed by atoms with E-state index in [1.807, 2.05) is 6.92 Å². The van der Waals surface area contributed by atoms with E-state index in [-0.39, 0.29) is 6.10 Å². The number of ether oxygens (including phenoxy) is 1. The van der Waals surface area contributed by atoms with Crippen molar-refractivity contribution in [2.45, 2.75) is 39.2 Å². The molecule has 2 aliphatic heterocycles. The van der Waals surface area contributed by atoms with Crippen LogP contribution in [0.5, 0.6) is 0 Å². The Labute approximate surface area is 129 Å². The van der Waals surface area contributed by atoms with Gasteiger partial charge in [0.05, 0.1) is 6.10 Å². The Morgan fingerprint density at radius 1 is 1.19 bits per heavy atom. The summed E-state index contributed by atoms with van der Waals surface area (Å²) in [6, 6.07) is 0. The van der Waals surface area contributed by atoms with Crippen LogP contribution in [0.3, 0.4) is 0 Å². The molecule has 0 bridgehead atoms. The van der Waals surface area contributed by atoms with Gasteiger partial charge < -0.3 is 10.1 Å². The van der Waals surface area contributed by atoms with E-state index in [1.54, 1.807) is 8.61 Å². The lowest BCUT2D eigenvalue weighted by molar-refractivity contribution is 0.0745. The minimum Gasteiger partial charge on any atom is -0.377 e. The highest BCUT2D eigenvalue weighted by Gasteiger charge is 2.34. The van der Waals surface area contributed by atoms with Crippen LogP contribution in [0.2, 0.25) is 0 Å². The Bertz CT molecular complexity index is 416. The van der Waals surface area contributed by atoms with Crippen molar-refractivity contribution >= 4 is 10.2 Å². The van der Waals surface area contributed by atoms with Gasteiger partial charge in [-0.1, -0.05) is 6.92 Å². The Balaban J connectivity index is 2.00. The molecule has 7 heteroatoms. The fourth-order valence-corrected chi connectivity index (χ4v) is 4.92. The third-order valence-corrected chi connectivity index (χ3v) is 6.20. The first kappa shape index (κ1) is 17.1. The second-order valence-electron chi connectivity index (χ2n) is 6.07. The first-order chi connectivity index (χ1) is 10.0. The molecule has 0 aromatic rings. The van der Waals surface area contributed by atoms with Crippen LogP contribution in [0.1, 0.15) is 33.1 Å². The molecule has 0 spiro atoms. The average molecular weight is 319 g/mol. The summed E-state index contributed by atoms with van der Waals surface area (Å²) in [4.78, 5) is 0. The van der Waals surface area contributed by atoms with Crippen molar-refractivity contribution in [3.8, 4) is 0 Å². The monoisotopic (exact) mass is 319 g/mol. The molecule has 2 atom stereocenters. The molecule has 2 saturated heterocycles. The third kappa shape index (κ3) is 4.63. The molecule has 0 aromatic heterocycles. The van der Waals surface area contributed by atoms with E-state index in [2.05, 4.69) is 12.2 Å². The highest BCUT2D eigenvalue weighted by Crippen LogP contribution is 2.22. The minimum absolute atomic E-state index is 0.0235. The summed E-state index contributed by atoms with van der Waals surface area (Å²) in [6.07, 6.45) is 2.82. The molecular formula is C14H29N3O3S. The smallest absolute Gasteiger partial charge is 0.282 e. The number of piperidine rings is 1. The van der Waals surface area contributed by atoms with Crippen LogP contribution in [0.4, 0.5) is 0 Å². The van der Waals surface area contributed by atoms with Crippen molar-refractivity contribution in [3.05, 3.63) is 0 Å². The second-order valence-corrected chi connectivity index (χ2v) is 8.00. The van der Waals surface area contributed by atoms with Crippen LogP contribution in [-0.2, 0) is 14.9 Å². The molecule has 0 aromatic carbocycles. The van der Waals surface area contributed by atoms with Gasteiger partial charge in [0.25, 0.3) is 10.2 Å². The standard InChI is InChI=1S/C14H29N3O3S/c1-3-15-10-14-6-4-7-17(12-14)21(18,19)16-8-5-9-20-13(2)11-16/h13-15H,3-12H2,1-2H3. The Kier molecular flexibility index (Phi) is 6.43. The predicted molar refractivity (Wildman–Crippen MR) is 83.4 cm³/mol. The molecule has 0 saturated carbocycles. The maximum Gasteiger partial charge on any atom is 0.282 e. The normalized spacial score (nSPS) is 30.2. The van der Waals surface area contributed by atoms with Crippen LogP contribution in [0.25, 0.3) is 0 Å². The van der Waals surface area contributed by atoms with Crippen LogP contribution >= 0.6 is 0 Å². The summed E-state index contributed by atoms with van der Waals surface area (Å²) in [6.45, 7) is 8.84. The zero-order valence-electron chi connectivity index (χ0n) is 13.3. The fourth-order valence-electron chi connectivity index (χ4n) is 3.08. The zero-order chi connectivity index (χ0) is 15.3. The Morgan fingerprint density at radius 3 is 2.67 bits per heavy atom. The van der Waals surface area contributed by atoms with Gasteiger partial charge in [-0.15, -0.1) is 0 Å². The van der Waals surface area contributed by atoms with Gasteiger partial charge >= 0.3 is 0 Å². The molecule has 2 unspecified atom stereocenters. The number of hydrogen-bond acceptors (Lipinski definition) is 4. The van der Waals surface area contributed by atoms with Gasteiger partial charge in [0.2, 0.25) is 0 Å². The molecule has 124 valence electrons. The summed E-state index contributed by atoms with van der Waals surface area (Å²) >= 11 is 0. The van der Waals surface area contributed by atoms with E-state index in [0.717, 1.165) is 32.4 Å². The SMILES string of the molecule is CCNCC1CCCN(S(=O)(=O)N2CCCOC(C)C2)C1. The number of nitrogens with zero attached hydrogens (tertiary/aromatic N) is 2. The van der Waals surface area contributed by atoms with Gasteiger partial charge in [0.15, 0.2) is 0 Å². The lowest BCUT2D eigenvalue weighted by Crippen LogP contribution is -2.50. The molecule has 0 aliphatic carbocycles. The second kappa shape index (κ2) is 7.87. The molecule has 1 N–H and O–H groups in total. The number of rotatable bonds is 5. The summed E-state index contributed by atoms with van der Waals surface area (Å²) in [7, 11) is -3.34. The van der Waals surface area contributed by atoms with E-state index in [1.165, 1.54) is 0 Å². The van der Waals surface area contributed by atoms with E-state index in [0.29, 0.717) is 38.7 Å². The largest absolute Gasteiger partial charge is 0.377 e. The molecule has 2 rings (SSSR count). The first-order valence-corrected chi connectivity index (χ1v) is 9.51. The maximum atomic E-state index is 12.8. The third-order valence-electron chi connectivity index (χ3n) is 4.23. The van der Waals surface area contributed by atoms with Gasteiger partial charge in [-0.3, -0.25) is 0 Å². The molecule has 21 heavy (non-hydrogen) atoms. The highest BCUT2D eigenvalue weighted by molar-refractivity contribution is 7.86. The van der Waals surface area contributed by atoms with Crippen LogP contribution in [0, 0.1) is 5.92 Å². The van der Waals surface area contributed by atoms with Gasteiger partial charge in [-0.2, -0.15) is 17.0 Å². The average Bonchev–Trinajstić information content (AvgIpc) is 2.70. The lowest BCUT2D eigenvalue weighted by Gasteiger charge is -2.35. The molecule has 2 heterocycles. The molecular weight excluding hydrogens is 290 g/mol. The summed E-state index contributed by atoms with van der Waals surface area (Å²) in [5.74, 6) is 0.425. The van der Waals surface area contributed by atoms with Gasteiger partial charge in [0.1, 0.15) is 0 Å². The van der Waals surface area contributed by atoms with Crippen LogP contribution < -0.4 is 5.32 Å². The molecule has 0 amide bonds. The summed E-state index contributed by atoms with van der Waals surface area (Å²) < 4.78 is 34.5. The van der Waals surface area contributed by atoms with Gasteiger partial charge in [-0.25, -0.2) is 0 Å². The molecule has 0 radical (unpaired) electrons. The van der Waals surface area contributed by atoms with Gasteiger partial charge in [0, 0.05) is 32.8 Å². The van der Waals surface area contributed by atoms with Gasteiger partial charge in [-0.05, 0) is 45.2 Å². The van der Waals surface area contributed by atoms with Crippen molar-refractivity contribution < 1.29 is 13.2 Å². The minimum atomic E-state index is -3.34. The topological polar surface area (TPSA) is 61.9 Å². The highest BCUT2D eigenvalue weighted by atomic mass is 32.2. The van der Waals surface area contributed by atoms with E-state index in [9.17, 15) is 8.42 Å². The van der Waals surface area contributed by atoms with E-state index in [4.69, 9.17) is 4.74 Å². The fraction of sp³-hybridized carbons (Fsp3) is 1.00. The number of hydrogen-bond donors (Lipinski definition) is 1. The molecule has 6 nitrogen and oxygen atoms in total. The van der Waals surface area contributed by atoms with E-state index >= 15 is 0 Å². The van der Waals surface area contributed by atoms with Crippen molar-refractivity contribution in [2.75, 3.05) is 45.9 Å². The van der Waals surface area contributed by atoms with Crippen LogP contribution in [-0.4, -0.2) is 69.0 Å². The maximum absolute atomic E-state index is 12.8. The van der Waals surface area contributed by atoms with Crippen molar-refractivity contribution in [2.24, 2.45) is 5.92 Å². The first-order valence-electron chi connectivity index (χ1n) is 8.11. The van der Waals surface area contributed by atoms with Crippen LogP contribution in [0.15, 0.2) is 0 Å². The Morgan fingerprint density at radius 2 is 1.90 bits per heavy atom. The van der Waals surface area contributed by atoms with Crippen molar-refractivity contribution in [1.82, 2.24) is 13.9 Å². The lowest BCUT2D eigenvalue weighted by atomic mass is 10.00. The zero-order valence-corrected chi connectivity index (χ0v) is 14.1. The molecule has 2 fully saturated rings. The van der Waals surface area contributed by atoms with Crippen molar-refractivity contribution in [3.63, 3.8) is 0 Å². The molecule has 2 aliphatic rings. The van der Waals surface area contributed by atoms with Crippen molar-refractivity contribution in [1.29, 1.82) is 0 Å². The summed E-state index contributed by atoms with van der Waals surface area (Å²) in [5, 5.41) is 3.33. The Hall–Kier alpha value is -0.210. The van der Waals surface area contributed by atoms with E-state index < -0.39 is 10.2 Å². The predicted octanol–water partition coefficient (Wildman–Crippen LogP) is 0.664. The number of nitrogens with one attached hydrogen (secondary N) is 1.